The van der Waals surface area contributed by atoms with Crippen molar-refractivity contribution in [1.82, 2.24) is 5.32 Å². The Bertz CT molecular complexity index is 86.1. The van der Waals surface area contributed by atoms with Gasteiger partial charge in [0.15, 0.2) is 0 Å². The van der Waals surface area contributed by atoms with E-state index in [0.29, 0.717) is 0 Å². The molecule has 0 aliphatic heterocycles. The van der Waals surface area contributed by atoms with Crippen LogP contribution in [-0.4, -0.2) is 5.49 Å². The fraction of sp³-hybridized carbons (Fsp3) is 0.400. The molecule has 0 radical (unpaired) electrons. The Hall–Kier alpha value is -0.370. The van der Waals surface area contributed by atoms with Crippen molar-refractivity contribution in [3.63, 3.8) is 0 Å². The van der Waals surface area contributed by atoms with E-state index in [1.54, 1.807) is 0 Å². The zero-order valence-electron chi connectivity index (χ0n) is 4.56. The van der Waals surface area contributed by atoms with E-state index < -0.39 is 0 Å². The molecule has 0 amide bonds. The quantitative estimate of drug-likeness (QED) is 0.547. The molecule has 0 aliphatic carbocycles. The second-order valence-corrected chi connectivity index (χ2v) is 1.47. The standard InChI is InChI=1S/C5H9NS/c1-3-5(2)6-4-7/h3-4H,1-2H3,(H,6,7)/b5-3-. The van der Waals surface area contributed by atoms with Crippen molar-refractivity contribution in [3.05, 3.63) is 11.8 Å². The van der Waals surface area contributed by atoms with Crippen molar-refractivity contribution in [3.8, 4) is 0 Å². The fourth-order valence-electron chi connectivity index (χ4n) is 0.176. The lowest BCUT2D eigenvalue weighted by Crippen LogP contribution is -2.04. The van der Waals surface area contributed by atoms with Gasteiger partial charge in [0.1, 0.15) is 0 Å². The minimum Gasteiger partial charge on any atom is -0.357 e. The molecule has 1 N–H and O–H groups in total. The van der Waals surface area contributed by atoms with E-state index in [-0.39, 0.29) is 0 Å². The second kappa shape index (κ2) is 3.81. The SMILES string of the molecule is C/C=C(/C)NC=S. The van der Waals surface area contributed by atoms with E-state index >= 15 is 0 Å². The molecule has 0 atom stereocenters. The summed E-state index contributed by atoms with van der Waals surface area (Å²) in [6.45, 7) is 3.92. The molecule has 0 heterocycles. The van der Waals surface area contributed by atoms with Gasteiger partial charge in [0, 0.05) is 5.70 Å². The molecular formula is C5H9NS. The third-order valence-electron chi connectivity index (χ3n) is 0.720. The van der Waals surface area contributed by atoms with Gasteiger partial charge in [0.05, 0.1) is 5.49 Å². The van der Waals surface area contributed by atoms with Gasteiger partial charge in [0.2, 0.25) is 0 Å². The summed E-state index contributed by atoms with van der Waals surface area (Å²) in [5.41, 5.74) is 2.59. The molecule has 0 aliphatic rings. The van der Waals surface area contributed by atoms with Gasteiger partial charge >= 0.3 is 0 Å². The molecule has 0 fully saturated rings. The molecule has 0 aromatic heterocycles. The van der Waals surface area contributed by atoms with Crippen LogP contribution in [0.25, 0.3) is 0 Å². The molecule has 0 rings (SSSR count). The number of rotatable bonds is 2. The summed E-state index contributed by atoms with van der Waals surface area (Å²) >= 11 is 4.52. The predicted octanol–water partition coefficient (Wildman–Crippen LogP) is 1.46. The van der Waals surface area contributed by atoms with Crippen LogP contribution in [0.5, 0.6) is 0 Å². The van der Waals surface area contributed by atoms with E-state index in [9.17, 15) is 0 Å². The Labute approximate surface area is 49.4 Å². The zero-order valence-corrected chi connectivity index (χ0v) is 5.38. The summed E-state index contributed by atoms with van der Waals surface area (Å²) in [7, 11) is 0. The summed E-state index contributed by atoms with van der Waals surface area (Å²) < 4.78 is 0. The predicted molar refractivity (Wildman–Crippen MR) is 36.2 cm³/mol. The maximum Gasteiger partial charge on any atom is 0.0656 e. The Morgan fingerprint density at radius 3 is 2.43 bits per heavy atom. The Morgan fingerprint density at radius 2 is 2.29 bits per heavy atom. The van der Waals surface area contributed by atoms with Crippen molar-refractivity contribution in [2.75, 3.05) is 0 Å². The van der Waals surface area contributed by atoms with Crippen LogP contribution in [0.2, 0.25) is 0 Å². The number of hydrogen-bond donors (Lipinski definition) is 1. The maximum atomic E-state index is 4.52. The first-order valence-corrected chi connectivity index (χ1v) is 2.61. The van der Waals surface area contributed by atoms with Crippen molar-refractivity contribution in [2.45, 2.75) is 13.8 Å². The van der Waals surface area contributed by atoms with Crippen LogP contribution >= 0.6 is 12.2 Å². The molecule has 7 heavy (non-hydrogen) atoms. The molecule has 40 valence electrons. The number of hydrogen-bond acceptors (Lipinski definition) is 1. The molecule has 0 saturated carbocycles. The number of allylic oxidation sites excluding steroid dienone is 2. The zero-order chi connectivity index (χ0) is 5.70. The topological polar surface area (TPSA) is 12.0 Å². The minimum absolute atomic E-state index is 1.09. The van der Waals surface area contributed by atoms with Crippen LogP contribution in [0.1, 0.15) is 13.8 Å². The third-order valence-corrected chi connectivity index (χ3v) is 0.837. The summed E-state index contributed by atoms with van der Waals surface area (Å²) in [6.07, 6.45) is 1.96. The van der Waals surface area contributed by atoms with Crippen molar-refractivity contribution in [2.24, 2.45) is 0 Å². The van der Waals surface area contributed by atoms with Crippen molar-refractivity contribution >= 4 is 17.7 Å². The van der Waals surface area contributed by atoms with E-state index in [0.717, 1.165) is 5.70 Å². The monoisotopic (exact) mass is 115 g/mol. The lowest BCUT2D eigenvalue weighted by Gasteiger charge is -1.92. The van der Waals surface area contributed by atoms with Crippen LogP contribution in [0.3, 0.4) is 0 Å². The van der Waals surface area contributed by atoms with Crippen LogP contribution in [0.4, 0.5) is 0 Å². The lowest BCUT2D eigenvalue weighted by atomic mass is 10.5. The number of thiocarbonyl (C=S) groups is 1. The molecule has 1 nitrogen and oxygen atoms in total. The largest absolute Gasteiger partial charge is 0.357 e. The second-order valence-electron chi connectivity index (χ2n) is 1.23. The van der Waals surface area contributed by atoms with E-state index in [1.807, 2.05) is 19.9 Å². The summed E-state index contributed by atoms with van der Waals surface area (Å²) in [6, 6.07) is 0. The Morgan fingerprint density at radius 1 is 1.71 bits per heavy atom. The highest BCUT2D eigenvalue weighted by Crippen LogP contribution is 1.79. The number of nitrogens with one attached hydrogen (secondary N) is 1. The highest BCUT2D eigenvalue weighted by atomic mass is 32.1. The minimum atomic E-state index is 1.09. The van der Waals surface area contributed by atoms with Gasteiger partial charge in [-0.15, -0.1) is 0 Å². The van der Waals surface area contributed by atoms with E-state index in [4.69, 9.17) is 0 Å². The summed E-state index contributed by atoms with van der Waals surface area (Å²) in [5, 5.41) is 2.85. The van der Waals surface area contributed by atoms with Crippen LogP contribution in [-0.2, 0) is 0 Å². The van der Waals surface area contributed by atoms with E-state index in [2.05, 4.69) is 17.5 Å². The lowest BCUT2D eigenvalue weighted by molar-refractivity contribution is 1.15. The van der Waals surface area contributed by atoms with Crippen LogP contribution in [0, 0.1) is 0 Å². The summed E-state index contributed by atoms with van der Waals surface area (Å²) in [5.74, 6) is 0. The first-order valence-electron chi connectivity index (χ1n) is 2.14. The smallest absolute Gasteiger partial charge is 0.0656 e. The molecule has 0 bridgehead atoms. The first-order chi connectivity index (χ1) is 3.31. The molecule has 0 aromatic rings. The molecule has 0 saturated heterocycles. The highest BCUT2D eigenvalue weighted by molar-refractivity contribution is 7.78. The normalized spacial score (nSPS) is 10.9. The van der Waals surface area contributed by atoms with Gasteiger partial charge < -0.3 is 5.32 Å². The average Bonchev–Trinajstić information content (AvgIpc) is 1.68. The van der Waals surface area contributed by atoms with Gasteiger partial charge in [-0.3, -0.25) is 0 Å². The van der Waals surface area contributed by atoms with Crippen LogP contribution < -0.4 is 5.32 Å². The Balaban J connectivity index is 3.36. The first kappa shape index (κ1) is 6.63. The molecular weight excluding hydrogens is 106 g/mol. The summed E-state index contributed by atoms with van der Waals surface area (Å²) in [4.78, 5) is 0. The van der Waals surface area contributed by atoms with Gasteiger partial charge in [-0.25, -0.2) is 0 Å². The fourth-order valence-corrected chi connectivity index (χ4v) is 0.362. The molecule has 0 spiro atoms. The van der Waals surface area contributed by atoms with Crippen LogP contribution in [0.15, 0.2) is 11.8 Å². The van der Waals surface area contributed by atoms with Gasteiger partial charge in [-0.05, 0) is 13.8 Å². The molecule has 0 unspecified atom stereocenters. The highest BCUT2D eigenvalue weighted by Gasteiger charge is 1.73. The maximum absolute atomic E-state index is 4.52. The third kappa shape index (κ3) is 3.46. The van der Waals surface area contributed by atoms with Gasteiger partial charge in [-0.1, -0.05) is 18.3 Å². The molecule has 0 aromatic carbocycles. The van der Waals surface area contributed by atoms with Crippen molar-refractivity contribution in [1.29, 1.82) is 0 Å². The van der Waals surface area contributed by atoms with E-state index in [1.165, 1.54) is 5.49 Å². The Kier molecular flexibility index (Phi) is 3.61. The average molecular weight is 115 g/mol. The van der Waals surface area contributed by atoms with Gasteiger partial charge in [-0.2, -0.15) is 0 Å². The molecule has 2 heteroatoms. The van der Waals surface area contributed by atoms with Crippen molar-refractivity contribution < 1.29 is 0 Å². The van der Waals surface area contributed by atoms with Gasteiger partial charge in [0.25, 0.3) is 0 Å².